The lowest BCUT2D eigenvalue weighted by Gasteiger charge is -2.45. The Morgan fingerprint density at radius 2 is 1.15 bits per heavy atom. The Morgan fingerprint density at radius 1 is 0.606 bits per heavy atom. The molecule has 2 fully saturated rings. The maximum Gasteiger partial charge on any atom is 0.187 e. The van der Waals surface area contributed by atoms with E-state index in [2.05, 4.69) is 6.92 Å². The molecular formula is C22H42O11. The molecule has 2 heterocycles. The van der Waals surface area contributed by atoms with Crippen LogP contribution in [-0.4, -0.2) is 117 Å². The number of hydrogen-bond donors (Lipinski definition) is 7. The molecule has 33 heavy (non-hydrogen) atoms. The van der Waals surface area contributed by atoms with Crippen LogP contribution < -0.4 is 0 Å². The average molecular weight is 483 g/mol. The zero-order valence-corrected chi connectivity index (χ0v) is 19.3. The van der Waals surface area contributed by atoms with E-state index in [4.69, 9.17) is 18.9 Å². The van der Waals surface area contributed by atoms with Crippen LogP contribution in [0.3, 0.4) is 0 Å². The lowest BCUT2D eigenvalue weighted by Crippen LogP contribution is -2.64. The molecule has 0 amide bonds. The average Bonchev–Trinajstić information content (AvgIpc) is 2.82. The standard InChI is InChI=1S/C22H42O11/c1-2-3-4-5-6-7-8-9-10-30-21-19(29)17(27)20(14(12-24)32-21)33-22-18(28)16(26)15(25)13(11-23)31-22/h13-29H,2-12H2,1H3/t13-,14-,15-,16+,17-,18+,19-,20-,21+,22-/m1/s1. The number of hydrogen-bond acceptors (Lipinski definition) is 11. The van der Waals surface area contributed by atoms with E-state index in [9.17, 15) is 35.7 Å². The second-order valence-electron chi connectivity index (χ2n) is 8.85. The molecule has 11 heteroatoms. The van der Waals surface area contributed by atoms with Crippen molar-refractivity contribution in [2.45, 2.75) is 120 Å². The molecule has 2 rings (SSSR count). The highest BCUT2D eigenvalue weighted by atomic mass is 16.7. The van der Waals surface area contributed by atoms with Gasteiger partial charge in [-0.25, -0.2) is 0 Å². The van der Waals surface area contributed by atoms with Gasteiger partial charge in [0.15, 0.2) is 12.6 Å². The molecule has 2 aliphatic heterocycles. The minimum atomic E-state index is -1.69. The van der Waals surface area contributed by atoms with Crippen LogP contribution in [0.1, 0.15) is 58.3 Å². The van der Waals surface area contributed by atoms with Crippen LogP contribution in [-0.2, 0) is 18.9 Å². The molecule has 10 atom stereocenters. The van der Waals surface area contributed by atoms with Crippen molar-refractivity contribution in [1.29, 1.82) is 0 Å². The molecule has 0 bridgehead atoms. The van der Waals surface area contributed by atoms with Gasteiger partial charge in [0.05, 0.1) is 13.2 Å². The highest BCUT2D eigenvalue weighted by molar-refractivity contribution is 4.94. The Hall–Kier alpha value is -0.440. The van der Waals surface area contributed by atoms with Gasteiger partial charge < -0.3 is 54.7 Å². The topological polar surface area (TPSA) is 179 Å². The van der Waals surface area contributed by atoms with Crippen LogP contribution in [0.2, 0.25) is 0 Å². The summed E-state index contributed by atoms with van der Waals surface area (Å²) in [4.78, 5) is 0. The number of rotatable bonds is 14. The molecule has 0 aromatic rings. The van der Waals surface area contributed by atoms with Gasteiger partial charge in [0.1, 0.15) is 48.8 Å². The van der Waals surface area contributed by atoms with Crippen molar-refractivity contribution in [3.05, 3.63) is 0 Å². The van der Waals surface area contributed by atoms with Crippen molar-refractivity contribution >= 4 is 0 Å². The Bertz CT molecular complexity index is 521. The predicted molar refractivity (Wildman–Crippen MR) is 115 cm³/mol. The summed E-state index contributed by atoms with van der Waals surface area (Å²) in [6, 6.07) is 0. The van der Waals surface area contributed by atoms with Gasteiger partial charge >= 0.3 is 0 Å². The van der Waals surface area contributed by atoms with Crippen molar-refractivity contribution in [2.24, 2.45) is 0 Å². The summed E-state index contributed by atoms with van der Waals surface area (Å²) in [6.45, 7) is 1.28. The van der Waals surface area contributed by atoms with E-state index in [1.807, 2.05) is 0 Å². The first-order valence-electron chi connectivity index (χ1n) is 12.1. The van der Waals surface area contributed by atoms with Gasteiger partial charge in [-0.2, -0.15) is 0 Å². The van der Waals surface area contributed by atoms with Crippen LogP contribution in [0.25, 0.3) is 0 Å². The lowest BCUT2D eigenvalue weighted by atomic mass is 9.97. The SMILES string of the molecule is CCCCCCCCCCO[C@H]1O[C@H](CO)[C@@H](O[C@H]2O[C@H](CO)[C@@H](O)[C@H](O)[C@@H]2O)[C@H](O)[C@H]1O. The van der Waals surface area contributed by atoms with Gasteiger partial charge in [-0.15, -0.1) is 0 Å². The maximum atomic E-state index is 10.6. The van der Waals surface area contributed by atoms with Crippen molar-refractivity contribution in [2.75, 3.05) is 19.8 Å². The molecule has 0 saturated carbocycles. The Kier molecular flexibility index (Phi) is 13.0. The highest BCUT2D eigenvalue weighted by Gasteiger charge is 2.50. The fourth-order valence-electron chi connectivity index (χ4n) is 4.13. The van der Waals surface area contributed by atoms with Gasteiger partial charge in [0, 0.05) is 6.61 Å². The van der Waals surface area contributed by atoms with Crippen LogP contribution >= 0.6 is 0 Å². The summed E-state index contributed by atoms with van der Waals surface area (Å²) in [6.07, 6.45) is -5.35. The minimum absolute atomic E-state index is 0.319. The summed E-state index contributed by atoms with van der Waals surface area (Å²) in [5, 5.41) is 69.9. The number of ether oxygens (including phenoxy) is 4. The van der Waals surface area contributed by atoms with Gasteiger partial charge in [-0.05, 0) is 6.42 Å². The zero-order chi connectivity index (χ0) is 24.4. The van der Waals surface area contributed by atoms with Gasteiger partial charge in [0.25, 0.3) is 0 Å². The molecule has 7 N–H and O–H groups in total. The zero-order valence-electron chi connectivity index (χ0n) is 19.3. The van der Waals surface area contributed by atoms with Crippen molar-refractivity contribution < 1.29 is 54.7 Å². The monoisotopic (exact) mass is 482 g/mol. The summed E-state index contributed by atoms with van der Waals surface area (Å²) in [7, 11) is 0. The number of unbranched alkanes of at least 4 members (excludes halogenated alkanes) is 7. The van der Waals surface area contributed by atoms with E-state index in [0.29, 0.717) is 6.61 Å². The van der Waals surface area contributed by atoms with Gasteiger partial charge in [-0.3, -0.25) is 0 Å². The summed E-state index contributed by atoms with van der Waals surface area (Å²) >= 11 is 0. The predicted octanol–water partition coefficient (Wildman–Crippen LogP) is -1.23. The molecule has 2 saturated heterocycles. The fourth-order valence-corrected chi connectivity index (χ4v) is 4.13. The fraction of sp³-hybridized carbons (Fsp3) is 1.00. The summed E-state index contributed by atoms with van der Waals surface area (Å²) in [5.74, 6) is 0. The van der Waals surface area contributed by atoms with Gasteiger partial charge in [0.2, 0.25) is 0 Å². The first kappa shape index (κ1) is 28.8. The molecule has 0 aromatic carbocycles. The van der Waals surface area contributed by atoms with E-state index < -0.39 is 74.6 Å². The molecule has 0 aliphatic carbocycles. The van der Waals surface area contributed by atoms with E-state index >= 15 is 0 Å². The summed E-state index contributed by atoms with van der Waals surface area (Å²) < 4.78 is 22.0. The largest absolute Gasteiger partial charge is 0.394 e. The molecule has 0 unspecified atom stereocenters. The van der Waals surface area contributed by atoms with E-state index in [0.717, 1.165) is 19.3 Å². The molecule has 196 valence electrons. The van der Waals surface area contributed by atoms with Crippen LogP contribution in [0.4, 0.5) is 0 Å². The second-order valence-corrected chi connectivity index (χ2v) is 8.85. The first-order chi connectivity index (χ1) is 15.8. The number of aliphatic hydroxyl groups is 7. The third kappa shape index (κ3) is 8.04. The molecule has 11 nitrogen and oxygen atoms in total. The Labute approximate surface area is 194 Å². The van der Waals surface area contributed by atoms with Crippen LogP contribution in [0.15, 0.2) is 0 Å². The minimum Gasteiger partial charge on any atom is -0.394 e. The van der Waals surface area contributed by atoms with Gasteiger partial charge in [-0.1, -0.05) is 51.9 Å². The number of aliphatic hydroxyl groups excluding tert-OH is 7. The highest BCUT2D eigenvalue weighted by Crippen LogP contribution is 2.29. The van der Waals surface area contributed by atoms with Crippen molar-refractivity contribution in [1.82, 2.24) is 0 Å². The van der Waals surface area contributed by atoms with Crippen LogP contribution in [0.5, 0.6) is 0 Å². The Balaban J connectivity index is 1.82. The van der Waals surface area contributed by atoms with E-state index in [1.165, 1.54) is 32.1 Å². The Morgan fingerprint density at radius 3 is 1.76 bits per heavy atom. The quantitative estimate of drug-likeness (QED) is 0.147. The van der Waals surface area contributed by atoms with Crippen LogP contribution in [0, 0.1) is 0 Å². The van der Waals surface area contributed by atoms with Crippen molar-refractivity contribution in [3.8, 4) is 0 Å². The lowest BCUT2D eigenvalue weighted by molar-refractivity contribution is -0.359. The first-order valence-corrected chi connectivity index (χ1v) is 12.1. The second kappa shape index (κ2) is 14.8. The molecule has 2 aliphatic rings. The summed E-state index contributed by atoms with van der Waals surface area (Å²) in [5.41, 5.74) is 0. The molecule has 0 spiro atoms. The van der Waals surface area contributed by atoms with Crippen molar-refractivity contribution in [3.63, 3.8) is 0 Å². The third-order valence-electron chi connectivity index (χ3n) is 6.24. The molecule has 0 radical (unpaired) electrons. The third-order valence-corrected chi connectivity index (χ3v) is 6.24. The van der Waals surface area contributed by atoms with E-state index in [1.54, 1.807) is 0 Å². The molecular weight excluding hydrogens is 440 g/mol. The van der Waals surface area contributed by atoms with E-state index in [-0.39, 0.29) is 0 Å². The smallest absolute Gasteiger partial charge is 0.187 e. The molecule has 0 aromatic heterocycles. The normalized spacial score (nSPS) is 39.6. The maximum absolute atomic E-state index is 10.6.